The van der Waals surface area contributed by atoms with E-state index in [1.54, 1.807) is 0 Å². The number of rotatable bonds is 5. The molecule has 2 atom stereocenters. The maximum atomic E-state index is 6.14. The van der Waals surface area contributed by atoms with Gasteiger partial charge >= 0.3 is 0 Å². The number of ether oxygens (including phenoxy) is 1. The summed E-state index contributed by atoms with van der Waals surface area (Å²) in [4.78, 5) is 4.41. The smallest absolute Gasteiger partial charge is 0.243 e. The Labute approximate surface area is 128 Å². The second-order valence-corrected chi connectivity index (χ2v) is 6.21. The van der Waals surface area contributed by atoms with Crippen LogP contribution in [0.25, 0.3) is 0 Å². The Morgan fingerprint density at radius 1 is 1.33 bits per heavy atom. The molecule has 2 heterocycles. The lowest BCUT2D eigenvalue weighted by Gasteiger charge is -2.18. The molecular formula is C15H19N3O2S. The van der Waals surface area contributed by atoms with Crippen LogP contribution in [0, 0.1) is 0 Å². The Bertz CT molecular complexity index is 555. The summed E-state index contributed by atoms with van der Waals surface area (Å²) in [7, 11) is 0. The third-order valence-electron chi connectivity index (χ3n) is 3.47. The van der Waals surface area contributed by atoms with E-state index in [0.29, 0.717) is 11.7 Å². The molecule has 112 valence electrons. The van der Waals surface area contributed by atoms with Crippen molar-refractivity contribution >= 4 is 11.8 Å². The van der Waals surface area contributed by atoms with Gasteiger partial charge in [-0.25, -0.2) is 0 Å². The van der Waals surface area contributed by atoms with Gasteiger partial charge in [-0.1, -0.05) is 35.5 Å². The van der Waals surface area contributed by atoms with Gasteiger partial charge in [0.2, 0.25) is 11.7 Å². The average molecular weight is 305 g/mol. The topological polar surface area (TPSA) is 74.2 Å². The summed E-state index contributed by atoms with van der Waals surface area (Å²) < 4.78 is 10.9. The summed E-state index contributed by atoms with van der Waals surface area (Å²) in [6, 6.07) is 10.0. The average Bonchev–Trinajstić information content (AvgIpc) is 3.04. The number of hydrogen-bond donors (Lipinski definition) is 1. The lowest BCUT2D eigenvalue weighted by molar-refractivity contribution is 0.0677. The maximum absolute atomic E-state index is 6.14. The van der Waals surface area contributed by atoms with Crippen molar-refractivity contribution in [2.24, 2.45) is 5.73 Å². The van der Waals surface area contributed by atoms with Crippen LogP contribution in [0.4, 0.5) is 0 Å². The van der Waals surface area contributed by atoms with E-state index < -0.39 is 0 Å². The predicted molar refractivity (Wildman–Crippen MR) is 82.0 cm³/mol. The van der Waals surface area contributed by atoms with Crippen molar-refractivity contribution in [3.8, 4) is 0 Å². The second kappa shape index (κ2) is 7.06. The summed E-state index contributed by atoms with van der Waals surface area (Å²) in [5, 5.41) is 4.01. The first-order chi connectivity index (χ1) is 10.3. The highest BCUT2D eigenvalue weighted by Crippen LogP contribution is 2.25. The first-order valence-electron chi connectivity index (χ1n) is 7.15. The zero-order valence-corrected chi connectivity index (χ0v) is 12.6. The molecule has 1 fully saturated rings. The van der Waals surface area contributed by atoms with Crippen LogP contribution < -0.4 is 5.73 Å². The summed E-state index contributed by atoms with van der Waals surface area (Å²) in [6.45, 7) is 0.735. The molecule has 0 radical (unpaired) electrons. The highest BCUT2D eigenvalue weighted by atomic mass is 32.2. The molecular weight excluding hydrogens is 286 g/mol. The van der Waals surface area contributed by atoms with E-state index in [1.807, 2.05) is 30.0 Å². The zero-order valence-electron chi connectivity index (χ0n) is 11.8. The summed E-state index contributed by atoms with van der Waals surface area (Å²) in [5.74, 6) is 3.02. The van der Waals surface area contributed by atoms with Crippen LogP contribution in [0.15, 0.2) is 34.9 Å². The Balaban J connectivity index is 1.57. The standard InChI is InChI=1S/C15H19N3O2S/c16-12(7-6-11-4-2-1-3-5-11)15-17-14(18-20-15)13-10-21-9-8-19-13/h1-5,12-13H,6-10,16H2. The normalized spacial score (nSPS) is 20.3. The molecule has 2 N–H and O–H groups in total. The Kier molecular flexibility index (Phi) is 4.90. The molecule has 0 spiro atoms. The molecule has 0 amide bonds. The van der Waals surface area contributed by atoms with E-state index in [4.69, 9.17) is 15.0 Å². The van der Waals surface area contributed by atoms with Crippen LogP contribution in [0.2, 0.25) is 0 Å². The van der Waals surface area contributed by atoms with E-state index in [9.17, 15) is 0 Å². The third-order valence-corrected chi connectivity index (χ3v) is 4.46. The van der Waals surface area contributed by atoms with E-state index in [2.05, 4.69) is 22.3 Å². The lowest BCUT2D eigenvalue weighted by Crippen LogP contribution is -2.17. The Morgan fingerprint density at radius 2 is 2.19 bits per heavy atom. The first-order valence-corrected chi connectivity index (χ1v) is 8.31. The molecule has 0 bridgehead atoms. The van der Waals surface area contributed by atoms with Gasteiger partial charge in [-0.15, -0.1) is 0 Å². The number of aryl methyl sites for hydroxylation is 1. The van der Waals surface area contributed by atoms with Gasteiger partial charge in [0, 0.05) is 11.5 Å². The van der Waals surface area contributed by atoms with Crippen molar-refractivity contribution < 1.29 is 9.26 Å². The largest absolute Gasteiger partial charge is 0.368 e. The maximum Gasteiger partial charge on any atom is 0.243 e. The molecule has 1 aliphatic rings. The fraction of sp³-hybridized carbons (Fsp3) is 0.467. The minimum absolute atomic E-state index is 0.0671. The first kappa shape index (κ1) is 14.6. The summed E-state index contributed by atoms with van der Waals surface area (Å²) in [6.07, 6.45) is 1.61. The van der Waals surface area contributed by atoms with Gasteiger partial charge in [-0.2, -0.15) is 16.7 Å². The molecule has 1 aromatic carbocycles. The number of hydrogen-bond acceptors (Lipinski definition) is 6. The van der Waals surface area contributed by atoms with Crippen molar-refractivity contribution in [2.75, 3.05) is 18.1 Å². The number of nitrogens with two attached hydrogens (primary N) is 1. The lowest BCUT2D eigenvalue weighted by atomic mass is 10.1. The molecule has 0 aliphatic carbocycles. The SMILES string of the molecule is NC(CCc1ccccc1)c1nc(C2CSCCO2)no1. The molecule has 1 saturated heterocycles. The van der Waals surface area contributed by atoms with Gasteiger partial charge in [0.05, 0.1) is 12.6 Å². The van der Waals surface area contributed by atoms with Gasteiger partial charge < -0.3 is 15.0 Å². The van der Waals surface area contributed by atoms with Crippen molar-refractivity contribution in [2.45, 2.75) is 25.0 Å². The van der Waals surface area contributed by atoms with E-state index in [1.165, 1.54) is 5.56 Å². The van der Waals surface area contributed by atoms with Gasteiger partial charge in [0.1, 0.15) is 6.10 Å². The molecule has 2 aromatic rings. The van der Waals surface area contributed by atoms with Crippen LogP contribution in [-0.2, 0) is 11.2 Å². The Hall–Kier alpha value is -1.37. The second-order valence-electron chi connectivity index (χ2n) is 5.06. The van der Waals surface area contributed by atoms with E-state index in [0.717, 1.165) is 31.0 Å². The van der Waals surface area contributed by atoms with Gasteiger partial charge in [-0.3, -0.25) is 0 Å². The van der Waals surface area contributed by atoms with E-state index in [-0.39, 0.29) is 12.1 Å². The van der Waals surface area contributed by atoms with Crippen molar-refractivity contribution in [3.63, 3.8) is 0 Å². The zero-order chi connectivity index (χ0) is 14.5. The third kappa shape index (κ3) is 3.84. The minimum Gasteiger partial charge on any atom is -0.368 e. The molecule has 1 aliphatic heterocycles. The van der Waals surface area contributed by atoms with Crippen LogP contribution in [0.3, 0.4) is 0 Å². The van der Waals surface area contributed by atoms with Crippen molar-refractivity contribution in [1.29, 1.82) is 0 Å². The van der Waals surface area contributed by atoms with Crippen LogP contribution in [0.1, 0.15) is 35.8 Å². The molecule has 1 aromatic heterocycles. The predicted octanol–water partition coefficient (Wildman–Crippen LogP) is 2.51. The number of aromatic nitrogens is 2. The van der Waals surface area contributed by atoms with Crippen LogP contribution in [-0.4, -0.2) is 28.3 Å². The summed E-state index contributed by atoms with van der Waals surface area (Å²) in [5.41, 5.74) is 7.41. The Morgan fingerprint density at radius 3 is 2.95 bits per heavy atom. The molecule has 2 unspecified atom stereocenters. The highest BCUT2D eigenvalue weighted by molar-refractivity contribution is 7.99. The van der Waals surface area contributed by atoms with Gasteiger partial charge in [0.25, 0.3) is 0 Å². The van der Waals surface area contributed by atoms with E-state index >= 15 is 0 Å². The molecule has 6 heteroatoms. The number of nitrogens with zero attached hydrogens (tertiary/aromatic N) is 2. The fourth-order valence-corrected chi connectivity index (χ4v) is 3.10. The molecule has 5 nitrogen and oxygen atoms in total. The fourth-order valence-electron chi connectivity index (χ4n) is 2.26. The van der Waals surface area contributed by atoms with Crippen LogP contribution in [0.5, 0.6) is 0 Å². The minimum atomic E-state index is -0.234. The molecule has 0 saturated carbocycles. The monoisotopic (exact) mass is 305 g/mol. The van der Waals surface area contributed by atoms with Gasteiger partial charge in [-0.05, 0) is 18.4 Å². The quantitative estimate of drug-likeness (QED) is 0.915. The van der Waals surface area contributed by atoms with Crippen molar-refractivity contribution in [3.05, 3.63) is 47.6 Å². The van der Waals surface area contributed by atoms with Gasteiger partial charge in [0.15, 0.2) is 0 Å². The number of thioether (sulfide) groups is 1. The highest BCUT2D eigenvalue weighted by Gasteiger charge is 2.23. The molecule has 21 heavy (non-hydrogen) atoms. The number of benzene rings is 1. The van der Waals surface area contributed by atoms with Crippen LogP contribution >= 0.6 is 11.8 Å². The summed E-state index contributed by atoms with van der Waals surface area (Å²) >= 11 is 1.85. The van der Waals surface area contributed by atoms with Crippen molar-refractivity contribution in [1.82, 2.24) is 10.1 Å². The molecule has 3 rings (SSSR count).